The Balaban J connectivity index is 2.19. The number of hydrogen-bond acceptors (Lipinski definition) is 8. The normalized spacial score (nSPS) is 12.1. The first-order valence-electron chi connectivity index (χ1n) is 8.27. The second-order valence-corrected chi connectivity index (χ2v) is 7.30. The SMILES string of the molecule is CCOC(=O)C(C)Oc1ccc(S(=O)(=O)Oc2ccc(C)cc2[N+](=O)[O-])cc1. The van der Waals surface area contributed by atoms with Crippen LogP contribution in [-0.2, 0) is 19.6 Å². The molecule has 0 spiro atoms. The Bertz CT molecular complexity index is 970. The third-order valence-electron chi connectivity index (χ3n) is 3.55. The van der Waals surface area contributed by atoms with E-state index in [1.807, 2.05) is 0 Å². The molecular formula is C18H19NO8S. The molecule has 0 N–H and O–H groups in total. The maximum atomic E-state index is 12.4. The van der Waals surface area contributed by atoms with Crippen molar-refractivity contribution in [3.63, 3.8) is 0 Å². The summed E-state index contributed by atoms with van der Waals surface area (Å²) in [7, 11) is -4.30. The fourth-order valence-corrected chi connectivity index (χ4v) is 3.15. The number of nitrogens with zero attached hydrogens (tertiary/aromatic N) is 1. The number of nitro groups is 1. The molecule has 0 saturated carbocycles. The number of esters is 1. The maximum absolute atomic E-state index is 12.4. The van der Waals surface area contributed by atoms with Gasteiger partial charge in [0, 0.05) is 6.07 Å². The molecule has 0 heterocycles. The largest absolute Gasteiger partial charge is 0.479 e. The minimum atomic E-state index is -4.30. The third-order valence-corrected chi connectivity index (χ3v) is 4.80. The molecule has 9 nitrogen and oxygen atoms in total. The first kappa shape index (κ1) is 21.2. The van der Waals surface area contributed by atoms with Crippen molar-refractivity contribution in [2.24, 2.45) is 0 Å². The first-order chi connectivity index (χ1) is 13.1. The van der Waals surface area contributed by atoms with Crippen molar-refractivity contribution in [2.45, 2.75) is 31.8 Å². The van der Waals surface area contributed by atoms with Gasteiger partial charge in [-0.1, -0.05) is 6.07 Å². The minimum absolute atomic E-state index is 0.214. The molecule has 2 aromatic rings. The predicted octanol–water partition coefficient (Wildman–Crippen LogP) is 3.00. The van der Waals surface area contributed by atoms with E-state index in [0.29, 0.717) is 5.56 Å². The van der Waals surface area contributed by atoms with E-state index in [0.717, 1.165) is 0 Å². The second kappa shape index (κ2) is 8.70. The predicted molar refractivity (Wildman–Crippen MR) is 98.8 cm³/mol. The van der Waals surface area contributed by atoms with Gasteiger partial charge >= 0.3 is 21.8 Å². The molecular weight excluding hydrogens is 390 g/mol. The third kappa shape index (κ3) is 5.19. The van der Waals surface area contributed by atoms with Gasteiger partial charge < -0.3 is 13.7 Å². The Kier molecular flexibility index (Phi) is 6.57. The Labute approximate surface area is 162 Å². The van der Waals surface area contributed by atoms with Crippen LogP contribution in [0.2, 0.25) is 0 Å². The number of hydrogen-bond donors (Lipinski definition) is 0. The van der Waals surface area contributed by atoms with Crippen molar-refractivity contribution < 1.29 is 31.8 Å². The molecule has 1 unspecified atom stereocenters. The molecule has 0 fully saturated rings. The molecule has 150 valence electrons. The van der Waals surface area contributed by atoms with Crippen LogP contribution in [0.5, 0.6) is 11.5 Å². The lowest BCUT2D eigenvalue weighted by Crippen LogP contribution is -2.26. The van der Waals surface area contributed by atoms with Crippen molar-refractivity contribution in [3.05, 3.63) is 58.1 Å². The van der Waals surface area contributed by atoms with Gasteiger partial charge in [0.15, 0.2) is 6.10 Å². The minimum Gasteiger partial charge on any atom is -0.479 e. The maximum Gasteiger partial charge on any atom is 0.347 e. The summed E-state index contributed by atoms with van der Waals surface area (Å²) in [6.45, 7) is 5.03. The Morgan fingerprint density at radius 3 is 2.39 bits per heavy atom. The van der Waals surface area contributed by atoms with E-state index in [9.17, 15) is 23.3 Å². The van der Waals surface area contributed by atoms with Gasteiger partial charge in [-0.3, -0.25) is 10.1 Å². The van der Waals surface area contributed by atoms with E-state index in [4.69, 9.17) is 13.7 Å². The number of ether oxygens (including phenoxy) is 2. The van der Waals surface area contributed by atoms with Crippen LogP contribution >= 0.6 is 0 Å². The van der Waals surface area contributed by atoms with Crippen LogP contribution in [0.3, 0.4) is 0 Å². The summed E-state index contributed by atoms with van der Waals surface area (Å²) < 4.78 is 40.0. The summed E-state index contributed by atoms with van der Waals surface area (Å²) in [6.07, 6.45) is -0.867. The smallest absolute Gasteiger partial charge is 0.347 e. The lowest BCUT2D eigenvalue weighted by atomic mass is 10.2. The highest BCUT2D eigenvalue weighted by Crippen LogP contribution is 2.30. The topological polar surface area (TPSA) is 122 Å². The van der Waals surface area contributed by atoms with E-state index in [-0.39, 0.29) is 23.0 Å². The zero-order valence-electron chi connectivity index (χ0n) is 15.4. The van der Waals surface area contributed by atoms with Gasteiger partial charge in [-0.15, -0.1) is 0 Å². The fraction of sp³-hybridized carbons (Fsp3) is 0.278. The summed E-state index contributed by atoms with van der Waals surface area (Å²) in [4.78, 5) is 21.8. The highest BCUT2D eigenvalue weighted by atomic mass is 32.2. The summed E-state index contributed by atoms with van der Waals surface area (Å²) in [5, 5.41) is 11.1. The van der Waals surface area contributed by atoms with Gasteiger partial charge in [0.25, 0.3) is 0 Å². The van der Waals surface area contributed by atoms with E-state index in [2.05, 4.69) is 0 Å². The molecule has 2 rings (SSSR count). The zero-order valence-corrected chi connectivity index (χ0v) is 16.3. The quantitative estimate of drug-likeness (QED) is 0.282. The van der Waals surface area contributed by atoms with Crippen LogP contribution in [0.15, 0.2) is 47.4 Å². The Hall–Kier alpha value is -3.14. The molecule has 28 heavy (non-hydrogen) atoms. The molecule has 2 aromatic carbocycles. The number of nitro benzene ring substituents is 1. The van der Waals surface area contributed by atoms with Crippen LogP contribution in [0.25, 0.3) is 0 Å². The van der Waals surface area contributed by atoms with Crippen molar-refractivity contribution in [1.82, 2.24) is 0 Å². The highest BCUT2D eigenvalue weighted by molar-refractivity contribution is 7.87. The van der Waals surface area contributed by atoms with Crippen LogP contribution < -0.4 is 8.92 Å². The number of benzene rings is 2. The van der Waals surface area contributed by atoms with Gasteiger partial charge in [0.2, 0.25) is 5.75 Å². The monoisotopic (exact) mass is 409 g/mol. The molecule has 0 saturated heterocycles. The average Bonchev–Trinajstić information content (AvgIpc) is 2.63. The zero-order chi connectivity index (χ0) is 20.9. The number of carbonyl (C=O) groups excluding carboxylic acids is 1. The lowest BCUT2D eigenvalue weighted by molar-refractivity contribution is -0.385. The molecule has 0 bridgehead atoms. The van der Waals surface area contributed by atoms with Crippen molar-refractivity contribution in [1.29, 1.82) is 0 Å². The van der Waals surface area contributed by atoms with Crippen LogP contribution in [0.4, 0.5) is 5.69 Å². The standard InChI is InChI=1S/C18H19NO8S/c1-4-25-18(20)13(3)26-14-6-8-15(9-7-14)28(23,24)27-17-10-5-12(2)11-16(17)19(21)22/h5-11,13H,4H2,1-3H3. The summed E-state index contributed by atoms with van der Waals surface area (Å²) in [5.41, 5.74) is 0.139. The lowest BCUT2D eigenvalue weighted by Gasteiger charge is -2.13. The van der Waals surface area contributed by atoms with E-state index < -0.39 is 32.8 Å². The Morgan fingerprint density at radius 1 is 1.18 bits per heavy atom. The average molecular weight is 409 g/mol. The van der Waals surface area contributed by atoms with Gasteiger partial charge in [-0.05, 0) is 56.7 Å². The van der Waals surface area contributed by atoms with Crippen molar-refractivity contribution in [3.8, 4) is 11.5 Å². The van der Waals surface area contributed by atoms with Crippen LogP contribution in [0, 0.1) is 17.0 Å². The van der Waals surface area contributed by atoms with Crippen LogP contribution in [0.1, 0.15) is 19.4 Å². The molecule has 0 aromatic heterocycles. The van der Waals surface area contributed by atoms with Gasteiger partial charge in [-0.25, -0.2) is 4.79 Å². The molecule has 0 aliphatic carbocycles. The van der Waals surface area contributed by atoms with Crippen molar-refractivity contribution in [2.75, 3.05) is 6.61 Å². The summed E-state index contributed by atoms with van der Waals surface area (Å²) >= 11 is 0. The fourth-order valence-electron chi connectivity index (χ4n) is 2.20. The van der Waals surface area contributed by atoms with Gasteiger partial charge in [0.05, 0.1) is 11.5 Å². The molecule has 1 atom stereocenters. The van der Waals surface area contributed by atoms with Gasteiger partial charge in [-0.2, -0.15) is 8.42 Å². The molecule has 0 radical (unpaired) electrons. The summed E-state index contributed by atoms with van der Waals surface area (Å²) in [5.74, 6) is -0.679. The summed E-state index contributed by atoms with van der Waals surface area (Å²) in [6, 6.07) is 9.06. The van der Waals surface area contributed by atoms with Gasteiger partial charge in [0.1, 0.15) is 10.6 Å². The molecule has 0 aliphatic heterocycles. The molecule has 10 heteroatoms. The van der Waals surface area contributed by atoms with E-state index >= 15 is 0 Å². The van der Waals surface area contributed by atoms with E-state index in [1.54, 1.807) is 13.8 Å². The second-order valence-electron chi connectivity index (χ2n) is 5.75. The number of rotatable bonds is 8. The number of aryl methyl sites for hydroxylation is 1. The number of carbonyl (C=O) groups is 1. The molecule has 0 amide bonds. The first-order valence-corrected chi connectivity index (χ1v) is 9.67. The Morgan fingerprint density at radius 2 is 1.82 bits per heavy atom. The highest BCUT2D eigenvalue weighted by Gasteiger charge is 2.24. The van der Waals surface area contributed by atoms with E-state index in [1.165, 1.54) is 49.4 Å². The molecule has 0 aliphatic rings. The van der Waals surface area contributed by atoms with Crippen molar-refractivity contribution >= 4 is 21.8 Å². The van der Waals surface area contributed by atoms with Crippen LogP contribution in [-0.4, -0.2) is 32.0 Å².